The molecular weight excluding hydrogens is 439 g/mol. The molecule has 32 heavy (non-hydrogen) atoms. The van der Waals surface area contributed by atoms with Gasteiger partial charge in [-0.15, -0.1) is 0 Å². The lowest BCUT2D eigenvalue weighted by atomic mass is 10.1. The third-order valence-corrected chi connectivity index (χ3v) is 5.44. The van der Waals surface area contributed by atoms with Crippen LogP contribution in [0.3, 0.4) is 0 Å². The van der Waals surface area contributed by atoms with Crippen LogP contribution in [0.1, 0.15) is 5.76 Å². The van der Waals surface area contributed by atoms with E-state index in [0.717, 1.165) is 16.7 Å². The van der Waals surface area contributed by atoms with Gasteiger partial charge >= 0.3 is 0 Å². The van der Waals surface area contributed by atoms with Gasteiger partial charge in [0.25, 0.3) is 16.8 Å². The van der Waals surface area contributed by atoms with Gasteiger partial charge in [-0.25, -0.2) is 4.39 Å². The third kappa shape index (κ3) is 4.70. The summed E-state index contributed by atoms with van der Waals surface area (Å²) in [6.45, 7) is 0.119. The summed E-state index contributed by atoms with van der Waals surface area (Å²) in [4.78, 5) is 36.4. The van der Waals surface area contributed by atoms with Gasteiger partial charge in [0, 0.05) is 23.8 Å². The standard InChI is InChI=1S/C22H15FN2O6S/c23-15-3-7-17(8-4-15)30-12-11-24-21(26)20(32-22(24)27)13-18-9-10-19(31-18)14-1-5-16(6-2-14)25(28)29/h1-10,13H,11-12H2/b20-13-. The number of halogens is 1. The highest BCUT2D eigenvalue weighted by Crippen LogP contribution is 2.33. The predicted molar refractivity (Wildman–Crippen MR) is 115 cm³/mol. The van der Waals surface area contributed by atoms with E-state index < -0.39 is 16.1 Å². The van der Waals surface area contributed by atoms with E-state index in [9.17, 15) is 24.1 Å². The zero-order valence-electron chi connectivity index (χ0n) is 16.4. The van der Waals surface area contributed by atoms with Crippen molar-refractivity contribution < 1.29 is 28.1 Å². The molecule has 10 heteroatoms. The average molecular weight is 454 g/mol. The lowest BCUT2D eigenvalue weighted by Gasteiger charge is -2.13. The van der Waals surface area contributed by atoms with Gasteiger partial charge in [0.15, 0.2) is 0 Å². The van der Waals surface area contributed by atoms with E-state index in [-0.39, 0.29) is 29.6 Å². The largest absolute Gasteiger partial charge is 0.492 e. The number of imide groups is 1. The SMILES string of the molecule is O=C1S/C(=C\c2ccc(-c3ccc([N+](=O)[O-])cc3)o2)C(=O)N1CCOc1ccc(F)cc1. The van der Waals surface area contributed by atoms with Crippen LogP contribution in [-0.2, 0) is 4.79 Å². The van der Waals surface area contributed by atoms with E-state index in [4.69, 9.17) is 9.15 Å². The number of thioether (sulfide) groups is 1. The summed E-state index contributed by atoms with van der Waals surface area (Å²) >= 11 is 0.793. The minimum Gasteiger partial charge on any atom is -0.492 e. The Morgan fingerprint density at radius 3 is 2.47 bits per heavy atom. The number of carbonyl (C=O) groups is 2. The van der Waals surface area contributed by atoms with Gasteiger partial charge in [0.1, 0.15) is 29.7 Å². The van der Waals surface area contributed by atoms with E-state index >= 15 is 0 Å². The first-order valence-corrected chi connectivity index (χ1v) is 10.2. The number of carbonyl (C=O) groups excluding carboxylic acids is 2. The minimum absolute atomic E-state index is 0.0300. The smallest absolute Gasteiger partial charge is 0.293 e. The van der Waals surface area contributed by atoms with Crippen LogP contribution in [0.25, 0.3) is 17.4 Å². The molecule has 1 aromatic heterocycles. The first kappa shape index (κ1) is 21.3. The van der Waals surface area contributed by atoms with Crippen LogP contribution in [0.2, 0.25) is 0 Å². The maximum absolute atomic E-state index is 12.9. The van der Waals surface area contributed by atoms with Crippen molar-refractivity contribution in [2.24, 2.45) is 0 Å². The van der Waals surface area contributed by atoms with Crippen molar-refractivity contribution in [2.45, 2.75) is 0 Å². The Bertz CT molecular complexity index is 1200. The number of amides is 2. The van der Waals surface area contributed by atoms with Crippen molar-refractivity contribution in [1.29, 1.82) is 0 Å². The average Bonchev–Trinajstić information content (AvgIpc) is 3.35. The number of furan rings is 1. The number of hydrogen-bond acceptors (Lipinski definition) is 7. The lowest BCUT2D eigenvalue weighted by molar-refractivity contribution is -0.384. The molecule has 4 rings (SSSR count). The summed E-state index contributed by atoms with van der Waals surface area (Å²) in [6.07, 6.45) is 1.47. The van der Waals surface area contributed by atoms with Crippen LogP contribution < -0.4 is 4.74 Å². The van der Waals surface area contributed by atoms with E-state index in [1.165, 1.54) is 42.5 Å². The second-order valence-electron chi connectivity index (χ2n) is 6.64. The van der Waals surface area contributed by atoms with E-state index in [1.54, 1.807) is 24.3 Å². The Hall–Kier alpha value is -3.92. The highest BCUT2D eigenvalue weighted by molar-refractivity contribution is 8.18. The molecule has 2 heterocycles. The monoisotopic (exact) mass is 454 g/mol. The first-order chi connectivity index (χ1) is 15.4. The molecule has 0 unspecified atom stereocenters. The lowest BCUT2D eigenvalue weighted by Crippen LogP contribution is -2.32. The number of rotatable bonds is 7. The van der Waals surface area contributed by atoms with Gasteiger partial charge in [-0.1, -0.05) is 0 Å². The molecule has 0 bridgehead atoms. The number of nitro groups is 1. The van der Waals surface area contributed by atoms with Crippen LogP contribution in [-0.4, -0.2) is 34.1 Å². The molecule has 162 valence electrons. The van der Waals surface area contributed by atoms with Crippen molar-refractivity contribution in [3.63, 3.8) is 0 Å². The number of ether oxygens (including phenoxy) is 1. The van der Waals surface area contributed by atoms with Gasteiger partial charge in [-0.05, 0) is 60.3 Å². The van der Waals surface area contributed by atoms with Crippen LogP contribution in [0.15, 0.2) is 70.0 Å². The molecule has 1 aliphatic heterocycles. The fourth-order valence-electron chi connectivity index (χ4n) is 2.94. The number of hydrogen-bond donors (Lipinski definition) is 0. The summed E-state index contributed by atoms with van der Waals surface area (Å²) in [5.41, 5.74) is 0.610. The van der Waals surface area contributed by atoms with Crippen LogP contribution in [0, 0.1) is 15.9 Å². The molecule has 1 aliphatic rings. The number of benzene rings is 2. The predicted octanol–water partition coefficient (Wildman–Crippen LogP) is 5.11. The summed E-state index contributed by atoms with van der Waals surface area (Å²) < 4.78 is 24.1. The fraction of sp³-hybridized carbons (Fsp3) is 0.0909. The maximum atomic E-state index is 12.9. The quantitative estimate of drug-likeness (QED) is 0.278. The zero-order chi connectivity index (χ0) is 22.7. The highest BCUT2D eigenvalue weighted by atomic mass is 32.2. The Morgan fingerprint density at radius 2 is 1.78 bits per heavy atom. The molecule has 0 spiro atoms. The number of nitro benzene ring substituents is 1. The molecule has 2 amide bonds. The van der Waals surface area contributed by atoms with Crippen LogP contribution in [0.5, 0.6) is 5.75 Å². The maximum Gasteiger partial charge on any atom is 0.293 e. The molecule has 2 aromatic carbocycles. The molecule has 0 N–H and O–H groups in total. The fourth-order valence-corrected chi connectivity index (χ4v) is 3.79. The second kappa shape index (κ2) is 9.06. The van der Waals surface area contributed by atoms with Crippen molar-refractivity contribution in [3.05, 3.63) is 87.3 Å². The van der Waals surface area contributed by atoms with Gasteiger partial charge in [-0.3, -0.25) is 24.6 Å². The van der Waals surface area contributed by atoms with Gasteiger partial charge in [-0.2, -0.15) is 0 Å². The normalized spacial score (nSPS) is 14.9. The van der Waals surface area contributed by atoms with Gasteiger partial charge in [0.2, 0.25) is 0 Å². The number of nitrogens with zero attached hydrogens (tertiary/aromatic N) is 2. The van der Waals surface area contributed by atoms with Gasteiger partial charge in [0.05, 0.1) is 16.4 Å². The second-order valence-corrected chi connectivity index (χ2v) is 7.63. The van der Waals surface area contributed by atoms with Crippen molar-refractivity contribution in [1.82, 2.24) is 4.90 Å². The molecular formula is C22H15FN2O6S. The summed E-state index contributed by atoms with van der Waals surface area (Å²) in [5.74, 6) is 0.423. The molecule has 0 atom stereocenters. The third-order valence-electron chi connectivity index (χ3n) is 4.53. The Labute approximate surface area is 185 Å². The van der Waals surface area contributed by atoms with Crippen LogP contribution in [0.4, 0.5) is 14.9 Å². The molecule has 0 saturated carbocycles. The van der Waals surface area contributed by atoms with Crippen molar-refractivity contribution >= 4 is 34.7 Å². The molecule has 1 fully saturated rings. The summed E-state index contributed by atoms with van der Waals surface area (Å²) in [5, 5.41) is 10.3. The summed E-state index contributed by atoms with van der Waals surface area (Å²) in [6, 6.07) is 14.6. The Kier molecular flexibility index (Phi) is 6.04. The van der Waals surface area contributed by atoms with E-state index in [0.29, 0.717) is 22.8 Å². The van der Waals surface area contributed by atoms with Gasteiger partial charge < -0.3 is 9.15 Å². The first-order valence-electron chi connectivity index (χ1n) is 9.39. The Morgan fingerprint density at radius 1 is 1.06 bits per heavy atom. The van der Waals surface area contributed by atoms with Crippen molar-refractivity contribution in [3.8, 4) is 17.1 Å². The Balaban J connectivity index is 1.40. The number of non-ortho nitro benzene ring substituents is 1. The molecule has 3 aromatic rings. The van der Waals surface area contributed by atoms with E-state index in [1.807, 2.05) is 0 Å². The molecule has 0 radical (unpaired) electrons. The molecule has 8 nitrogen and oxygen atoms in total. The molecule has 0 aliphatic carbocycles. The minimum atomic E-state index is -0.488. The summed E-state index contributed by atoms with van der Waals surface area (Å²) in [7, 11) is 0. The topological polar surface area (TPSA) is 103 Å². The molecule has 1 saturated heterocycles. The van der Waals surface area contributed by atoms with E-state index in [2.05, 4.69) is 0 Å². The van der Waals surface area contributed by atoms with Crippen molar-refractivity contribution in [2.75, 3.05) is 13.2 Å². The van der Waals surface area contributed by atoms with Crippen LogP contribution >= 0.6 is 11.8 Å². The zero-order valence-corrected chi connectivity index (χ0v) is 17.2. The highest BCUT2D eigenvalue weighted by Gasteiger charge is 2.35.